The largest absolute Gasteiger partial charge is 0.478 e. The number of hydrogen-bond donors (Lipinski definition) is 2. The molecular formula is C24H28N2O3. The van der Waals surface area contributed by atoms with Crippen LogP contribution in [0.1, 0.15) is 52.5 Å². The van der Waals surface area contributed by atoms with Crippen molar-refractivity contribution in [1.29, 1.82) is 0 Å². The first-order chi connectivity index (χ1) is 13.8. The number of carboxylic acid groups (broad SMARTS) is 1. The summed E-state index contributed by atoms with van der Waals surface area (Å²) in [7, 11) is 0. The highest BCUT2D eigenvalue weighted by molar-refractivity contribution is 5.88. The molecule has 1 unspecified atom stereocenters. The van der Waals surface area contributed by atoms with Gasteiger partial charge in [0.1, 0.15) is 0 Å². The number of hydrogen-bond acceptors (Lipinski definition) is 3. The Labute approximate surface area is 171 Å². The predicted octanol–water partition coefficient (Wildman–Crippen LogP) is 4.84. The molecule has 4 rings (SSSR count). The number of aromatic amines is 1. The van der Waals surface area contributed by atoms with E-state index >= 15 is 0 Å². The quantitative estimate of drug-likeness (QED) is 0.630. The van der Waals surface area contributed by atoms with Crippen molar-refractivity contribution < 1.29 is 14.6 Å². The van der Waals surface area contributed by atoms with Crippen LogP contribution in [0.3, 0.4) is 0 Å². The summed E-state index contributed by atoms with van der Waals surface area (Å²) < 4.78 is 6.14. The predicted molar refractivity (Wildman–Crippen MR) is 114 cm³/mol. The van der Waals surface area contributed by atoms with Crippen molar-refractivity contribution in [3.8, 4) is 0 Å². The molecule has 1 fully saturated rings. The first-order valence-electron chi connectivity index (χ1n) is 10.1. The van der Waals surface area contributed by atoms with Crippen LogP contribution in [0.5, 0.6) is 0 Å². The lowest BCUT2D eigenvalue weighted by atomic mass is 9.79. The zero-order valence-electron chi connectivity index (χ0n) is 17.5. The number of rotatable bonds is 6. The van der Waals surface area contributed by atoms with Crippen LogP contribution < -0.4 is 0 Å². The number of aryl methyl sites for hydroxylation is 2. The fraction of sp³-hybridized carbons (Fsp3) is 0.375. The van der Waals surface area contributed by atoms with E-state index in [0.29, 0.717) is 12.2 Å². The van der Waals surface area contributed by atoms with Gasteiger partial charge in [-0.25, -0.2) is 4.79 Å². The molecule has 1 aromatic heterocycles. The summed E-state index contributed by atoms with van der Waals surface area (Å²) in [5.41, 5.74) is 6.19. The zero-order chi connectivity index (χ0) is 20.8. The number of carbonyl (C=O) groups is 1. The van der Waals surface area contributed by atoms with Gasteiger partial charge in [-0.05, 0) is 68.1 Å². The number of benzene rings is 2. The first-order valence-corrected chi connectivity index (χ1v) is 10.1. The van der Waals surface area contributed by atoms with Crippen molar-refractivity contribution in [2.45, 2.75) is 45.9 Å². The van der Waals surface area contributed by atoms with Crippen molar-refractivity contribution in [3.05, 3.63) is 70.4 Å². The third-order valence-electron chi connectivity index (χ3n) is 6.14. The van der Waals surface area contributed by atoms with Gasteiger partial charge in [0.2, 0.25) is 0 Å². The van der Waals surface area contributed by atoms with Gasteiger partial charge in [0.25, 0.3) is 0 Å². The molecule has 0 bridgehead atoms. The number of nitrogens with one attached hydrogen (secondary N) is 1. The van der Waals surface area contributed by atoms with Gasteiger partial charge in [0, 0.05) is 36.8 Å². The van der Waals surface area contributed by atoms with Gasteiger partial charge in [-0.15, -0.1) is 0 Å². The molecule has 152 valence electrons. The van der Waals surface area contributed by atoms with Gasteiger partial charge in [-0.2, -0.15) is 0 Å². The summed E-state index contributed by atoms with van der Waals surface area (Å²) >= 11 is 0. The van der Waals surface area contributed by atoms with Crippen molar-refractivity contribution in [2.75, 3.05) is 13.2 Å². The molecule has 29 heavy (non-hydrogen) atoms. The molecule has 2 heterocycles. The second kappa shape index (κ2) is 7.32. The van der Waals surface area contributed by atoms with E-state index in [9.17, 15) is 9.90 Å². The number of likely N-dealkylation sites (tertiary alicyclic amines) is 1. The van der Waals surface area contributed by atoms with E-state index in [1.165, 1.54) is 27.6 Å². The van der Waals surface area contributed by atoms with Gasteiger partial charge in [-0.1, -0.05) is 18.2 Å². The lowest BCUT2D eigenvalue weighted by molar-refractivity contribution is -0.181. The molecule has 0 amide bonds. The number of nitrogens with zero attached hydrogens (tertiary/aromatic N) is 1. The van der Waals surface area contributed by atoms with Gasteiger partial charge in [-0.3, -0.25) is 4.90 Å². The van der Waals surface area contributed by atoms with Crippen molar-refractivity contribution in [3.63, 3.8) is 0 Å². The van der Waals surface area contributed by atoms with Gasteiger partial charge >= 0.3 is 5.97 Å². The van der Waals surface area contributed by atoms with Crippen molar-refractivity contribution in [2.24, 2.45) is 0 Å². The van der Waals surface area contributed by atoms with Crippen LogP contribution in [0.15, 0.2) is 42.6 Å². The third kappa shape index (κ3) is 3.34. The Hall–Kier alpha value is -2.63. The highest BCUT2D eigenvalue weighted by Crippen LogP contribution is 2.46. The monoisotopic (exact) mass is 392 g/mol. The molecule has 2 atom stereocenters. The highest BCUT2D eigenvalue weighted by atomic mass is 16.5. The SMILES string of the molecule is CCOC1(C)CN(Cc2c(C)cc(C)c3[nH]ccc23)[C@H]1c1ccc(C(=O)O)cc1. The Balaban J connectivity index is 1.68. The average molecular weight is 392 g/mol. The maximum absolute atomic E-state index is 11.2. The molecule has 5 heteroatoms. The maximum Gasteiger partial charge on any atom is 0.335 e. The van der Waals surface area contributed by atoms with Gasteiger partial charge in [0.05, 0.1) is 17.2 Å². The number of fused-ring (bicyclic) bond motifs is 1. The minimum atomic E-state index is -0.903. The molecule has 1 aliphatic rings. The highest BCUT2D eigenvalue weighted by Gasteiger charge is 2.50. The molecule has 2 N–H and O–H groups in total. The lowest BCUT2D eigenvalue weighted by Gasteiger charge is -2.55. The fourth-order valence-electron chi connectivity index (χ4n) is 4.88. The number of aromatic carboxylic acids is 1. The summed E-state index contributed by atoms with van der Waals surface area (Å²) in [5.74, 6) is -0.903. The van der Waals surface area contributed by atoms with Crippen LogP contribution in [0.4, 0.5) is 0 Å². The van der Waals surface area contributed by atoms with Crippen LogP contribution in [0.25, 0.3) is 10.9 Å². The molecule has 1 saturated heterocycles. The molecule has 1 aliphatic heterocycles. The molecule has 2 aromatic carbocycles. The van der Waals surface area contributed by atoms with Crippen molar-refractivity contribution in [1.82, 2.24) is 9.88 Å². The van der Waals surface area contributed by atoms with Crippen LogP contribution in [-0.2, 0) is 11.3 Å². The Bertz CT molecular complexity index is 1050. The van der Waals surface area contributed by atoms with Crippen LogP contribution in [0.2, 0.25) is 0 Å². The molecule has 0 spiro atoms. The smallest absolute Gasteiger partial charge is 0.335 e. The summed E-state index contributed by atoms with van der Waals surface area (Å²) in [5, 5.41) is 10.5. The molecule has 0 radical (unpaired) electrons. The Morgan fingerprint density at radius 3 is 2.62 bits per heavy atom. The minimum Gasteiger partial charge on any atom is -0.478 e. The normalized spacial score (nSPS) is 22.0. The summed E-state index contributed by atoms with van der Waals surface area (Å²) in [6.07, 6.45) is 2.00. The lowest BCUT2D eigenvalue weighted by Crippen LogP contribution is -2.62. The van der Waals surface area contributed by atoms with Crippen molar-refractivity contribution >= 4 is 16.9 Å². The average Bonchev–Trinajstić information content (AvgIpc) is 3.15. The van der Waals surface area contributed by atoms with E-state index in [2.05, 4.69) is 42.8 Å². The van der Waals surface area contributed by atoms with E-state index in [4.69, 9.17) is 4.74 Å². The second-order valence-electron chi connectivity index (χ2n) is 8.24. The summed E-state index contributed by atoms with van der Waals surface area (Å²) in [6.45, 7) is 10.8. The molecular weight excluding hydrogens is 364 g/mol. The Morgan fingerprint density at radius 2 is 1.97 bits per heavy atom. The number of ether oxygens (including phenoxy) is 1. The minimum absolute atomic E-state index is 0.0833. The van der Waals surface area contributed by atoms with Gasteiger partial charge < -0.3 is 14.8 Å². The fourth-order valence-corrected chi connectivity index (χ4v) is 4.88. The number of H-pyrrole nitrogens is 1. The van der Waals surface area contributed by atoms with E-state index in [0.717, 1.165) is 18.7 Å². The second-order valence-corrected chi connectivity index (χ2v) is 8.24. The van der Waals surface area contributed by atoms with E-state index in [1.54, 1.807) is 12.1 Å². The Kier molecular flexibility index (Phi) is 4.97. The third-order valence-corrected chi connectivity index (χ3v) is 6.14. The standard InChI is InChI=1S/C24H28N2O3/c1-5-29-24(4)14-26(22(24)17-6-8-18(9-7-17)23(27)28)13-20-15(2)12-16(3)21-19(20)10-11-25-21/h6-12,22,25H,5,13-14H2,1-4H3,(H,27,28)/t22-,24?/m0/s1. The van der Waals surface area contributed by atoms with E-state index in [-0.39, 0.29) is 11.6 Å². The first kappa shape index (κ1) is 19.7. The summed E-state index contributed by atoms with van der Waals surface area (Å²) in [4.78, 5) is 17.0. The molecule has 0 aliphatic carbocycles. The topological polar surface area (TPSA) is 65.6 Å². The maximum atomic E-state index is 11.2. The Morgan fingerprint density at radius 1 is 1.24 bits per heavy atom. The zero-order valence-corrected chi connectivity index (χ0v) is 17.5. The molecule has 5 nitrogen and oxygen atoms in total. The number of carboxylic acids is 1. The van der Waals surface area contributed by atoms with E-state index < -0.39 is 5.97 Å². The summed E-state index contributed by atoms with van der Waals surface area (Å²) in [6, 6.07) is 11.7. The van der Waals surface area contributed by atoms with Crippen LogP contribution in [-0.4, -0.2) is 39.7 Å². The number of aromatic nitrogens is 1. The van der Waals surface area contributed by atoms with E-state index in [1.807, 2.05) is 25.3 Å². The molecule has 3 aromatic rings. The van der Waals surface area contributed by atoms with Gasteiger partial charge in [0.15, 0.2) is 0 Å². The molecule has 0 saturated carbocycles. The van der Waals surface area contributed by atoms with Crippen LogP contribution >= 0.6 is 0 Å². The van der Waals surface area contributed by atoms with Crippen LogP contribution in [0, 0.1) is 13.8 Å².